The second-order valence-electron chi connectivity index (χ2n) is 12.2. The number of rotatable bonds is 11. The predicted octanol–water partition coefficient (Wildman–Crippen LogP) is 6.59. The maximum atomic E-state index is 18.0. The van der Waals surface area contributed by atoms with Gasteiger partial charge in [0.05, 0.1) is 16.0 Å². The van der Waals surface area contributed by atoms with Gasteiger partial charge in [0.15, 0.2) is 0 Å². The molecular formula is C35H32ClF5N5O4S2+. The Bertz CT molecular complexity index is 2220. The molecule has 274 valence electrons. The molecule has 5 rings (SSSR count). The number of terminal acetylenes is 1. The summed E-state index contributed by atoms with van der Waals surface area (Å²) in [5.41, 5.74) is -0.677. The van der Waals surface area contributed by atoms with E-state index in [9.17, 15) is 30.0 Å². The van der Waals surface area contributed by atoms with Crippen molar-refractivity contribution in [3.8, 4) is 12.3 Å². The topological polar surface area (TPSA) is 113 Å². The molecule has 1 unspecified atom stereocenters. The molecule has 52 heavy (non-hydrogen) atoms. The third-order valence-electron chi connectivity index (χ3n) is 8.39. The van der Waals surface area contributed by atoms with Gasteiger partial charge in [-0.05, 0) is 93.6 Å². The molecule has 1 N–H and O–H groups in total. The van der Waals surface area contributed by atoms with E-state index >= 15 is 8.78 Å². The fraction of sp³-hybridized carbons (Fsp3) is 0.286. The average Bonchev–Trinajstić information content (AvgIpc) is 3.92. The first kappa shape index (κ1) is 38.8. The molecule has 0 amide bonds. The summed E-state index contributed by atoms with van der Waals surface area (Å²) in [6.45, 7) is 4.64. The smallest absolute Gasteiger partial charge is 0.250 e. The summed E-state index contributed by atoms with van der Waals surface area (Å²) < 4.78 is 133. The van der Waals surface area contributed by atoms with Crippen LogP contribution in [0.1, 0.15) is 47.1 Å². The number of pyridine rings is 2. The van der Waals surface area contributed by atoms with Crippen LogP contribution in [0.5, 0.6) is 0 Å². The van der Waals surface area contributed by atoms with Crippen LogP contribution in [0.15, 0.2) is 100.0 Å². The Morgan fingerprint density at radius 1 is 0.923 bits per heavy atom. The highest BCUT2D eigenvalue weighted by atomic mass is 35.5. The number of sulfonamides is 2. The van der Waals surface area contributed by atoms with Crippen LogP contribution in [0.4, 0.5) is 22.0 Å². The lowest BCUT2D eigenvalue weighted by Gasteiger charge is -2.38. The van der Waals surface area contributed by atoms with Crippen LogP contribution < -0.4 is 9.40 Å². The van der Waals surface area contributed by atoms with Crippen molar-refractivity contribution < 1.29 is 43.4 Å². The monoisotopic (exact) mass is 780 g/mol. The lowest BCUT2D eigenvalue weighted by molar-refractivity contribution is -0.580. The van der Waals surface area contributed by atoms with Crippen molar-refractivity contribution in [1.29, 1.82) is 0 Å². The number of benzene rings is 2. The van der Waals surface area contributed by atoms with Gasteiger partial charge in [-0.3, -0.25) is 4.98 Å². The van der Waals surface area contributed by atoms with Gasteiger partial charge in [-0.15, -0.1) is 11.3 Å². The van der Waals surface area contributed by atoms with Crippen LogP contribution in [-0.4, -0.2) is 43.9 Å². The van der Waals surface area contributed by atoms with E-state index in [1.165, 1.54) is 62.4 Å². The summed E-state index contributed by atoms with van der Waals surface area (Å²) >= 11 is 6.11. The molecule has 1 aliphatic rings. The van der Waals surface area contributed by atoms with Gasteiger partial charge in [0, 0.05) is 11.2 Å². The normalized spacial score (nSPS) is 15.6. The highest BCUT2D eigenvalue weighted by Gasteiger charge is 2.61. The van der Waals surface area contributed by atoms with Gasteiger partial charge in [-0.25, -0.2) is 8.42 Å². The number of hydrazone groups is 1. The number of aryl methyl sites for hydroxylation is 3. The third kappa shape index (κ3) is 7.97. The van der Waals surface area contributed by atoms with Gasteiger partial charge in [-0.2, -0.15) is 39.2 Å². The third-order valence-corrected chi connectivity index (χ3v) is 11.7. The summed E-state index contributed by atoms with van der Waals surface area (Å²) in [4.78, 5) is 4.02. The van der Waals surface area contributed by atoms with E-state index in [1.807, 2.05) is 4.83 Å². The zero-order chi connectivity index (χ0) is 38.2. The number of nitrogens with zero attached hydrogens (tertiary/aromatic N) is 4. The van der Waals surface area contributed by atoms with Crippen molar-refractivity contribution in [2.45, 2.75) is 67.6 Å². The summed E-state index contributed by atoms with van der Waals surface area (Å²) in [6.07, 6.45) is 2.11. The van der Waals surface area contributed by atoms with Crippen molar-refractivity contribution >= 4 is 37.5 Å². The lowest BCUT2D eigenvalue weighted by Crippen LogP contribution is -2.63. The fourth-order valence-electron chi connectivity index (χ4n) is 5.62. The molecule has 0 bridgehead atoms. The Hall–Kier alpha value is -4.43. The number of halogens is 6. The maximum absolute atomic E-state index is 18.0. The molecule has 4 aromatic rings. The van der Waals surface area contributed by atoms with E-state index in [2.05, 4.69) is 16.0 Å². The minimum atomic E-state index is -5.20. The minimum Gasteiger partial charge on any atom is -0.250 e. The Kier molecular flexibility index (Phi) is 10.8. The van der Waals surface area contributed by atoms with Crippen LogP contribution in [0.25, 0.3) is 0 Å². The van der Waals surface area contributed by atoms with Gasteiger partial charge < -0.3 is 0 Å². The molecule has 2 aromatic heterocycles. The molecule has 1 fully saturated rings. The summed E-state index contributed by atoms with van der Waals surface area (Å²) in [6, 6.07) is 11.7. The quantitative estimate of drug-likeness (QED) is 0.0462. The van der Waals surface area contributed by atoms with Gasteiger partial charge in [0.25, 0.3) is 10.0 Å². The maximum Gasteiger partial charge on any atom is 0.433 e. The number of hydrogen-bond donors (Lipinski definition) is 1. The Labute approximate surface area is 303 Å². The average molecular weight is 781 g/mol. The largest absolute Gasteiger partial charge is 0.433 e. The highest BCUT2D eigenvalue weighted by molar-refractivity contribution is 7.89. The van der Waals surface area contributed by atoms with Crippen LogP contribution >= 0.6 is 11.6 Å². The van der Waals surface area contributed by atoms with E-state index in [0.717, 1.165) is 22.3 Å². The highest BCUT2D eigenvalue weighted by Crippen LogP contribution is 2.47. The van der Waals surface area contributed by atoms with Gasteiger partial charge in [0.2, 0.25) is 10.0 Å². The van der Waals surface area contributed by atoms with Crippen LogP contribution in [-0.2, 0) is 26.2 Å². The van der Waals surface area contributed by atoms with E-state index in [0.29, 0.717) is 35.5 Å². The van der Waals surface area contributed by atoms with E-state index in [4.69, 9.17) is 18.0 Å². The fourth-order valence-corrected chi connectivity index (χ4v) is 8.28. The predicted molar refractivity (Wildman–Crippen MR) is 183 cm³/mol. The van der Waals surface area contributed by atoms with Crippen LogP contribution in [0.2, 0.25) is 5.02 Å². The molecule has 0 aliphatic heterocycles. The first-order chi connectivity index (χ1) is 24.3. The minimum absolute atomic E-state index is 0.117. The zero-order valence-corrected chi connectivity index (χ0v) is 30.2. The molecule has 0 saturated heterocycles. The van der Waals surface area contributed by atoms with Gasteiger partial charge in [0.1, 0.15) is 28.0 Å². The number of alkyl halides is 5. The second kappa shape index (κ2) is 14.5. The van der Waals surface area contributed by atoms with E-state index < -0.39 is 66.6 Å². The molecule has 0 spiro atoms. The molecule has 1 aliphatic carbocycles. The number of hydrogen-bond acceptors (Lipinski definition) is 6. The standard InChI is InChI=1S/C35H32ClF5N5O4S2/c1-5-30(25-11-12-25)46(52(49,50)29-19-20-31(42-21-29)35(39,40)41)32(26-13-15-27(36)16-14-26)34(37,38)33(45-23(3)7-6-8-24(45)4)43-44-51(47,48)28-17-9-22(2)10-18-28/h1,6-10,13-21,25,30,32,44H,11-12H2,2-4H3/q+1/b43-33-/t30?,32-/m0/s1. The summed E-state index contributed by atoms with van der Waals surface area (Å²) in [7, 11) is -9.76. The summed E-state index contributed by atoms with van der Waals surface area (Å²) in [5, 5.41) is 3.92. The van der Waals surface area contributed by atoms with Crippen molar-refractivity contribution in [1.82, 2.24) is 14.1 Å². The number of aromatic nitrogens is 2. The first-order valence-electron chi connectivity index (χ1n) is 15.6. The number of nitrogens with one attached hydrogen (secondary N) is 1. The van der Waals surface area contributed by atoms with Crippen molar-refractivity contribution in [2.75, 3.05) is 0 Å². The molecule has 17 heteroatoms. The summed E-state index contributed by atoms with van der Waals surface area (Å²) in [5.74, 6) is -3.94. The molecule has 2 aromatic carbocycles. The molecule has 2 atom stereocenters. The van der Waals surface area contributed by atoms with Crippen LogP contribution in [0, 0.1) is 39.0 Å². The Morgan fingerprint density at radius 3 is 2.00 bits per heavy atom. The first-order valence-corrected chi connectivity index (χ1v) is 18.9. The molecule has 1 saturated carbocycles. The zero-order valence-electron chi connectivity index (χ0n) is 27.8. The second-order valence-corrected chi connectivity index (χ2v) is 16.2. The van der Waals surface area contributed by atoms with E-state index in [1.54, 1.807) is 13.0 Å². The van der Waals surface area contributed by atoms with Gasteiger partial charge in [-0.1, -0.05) is 53.4 Å². The van der Waals surface area contributed by atoms with E-state index in [-0.39, 0.29) is 26.9 Å². The van der Waals surface area contributed by atoms with Crippen molar-refractivity contribution in [3.63, 3.8) is 0 Å². The molecule has 9 nitrogen and oxygen atoms in total. The Balaban J connectivity index is 1.80. The molecule has 2 heterocycles. The van der Waals surface area contributed by atoms with Crippen LogP contribution in [0.3, 0.4) is 0 Å². The van der Waals surface area contributed by atoms with Gasteiger partial charge >= 0.3 is 17.9 Å². The lowest BCUT2D eigenvalue weighted by atomic mass is 9.97. The molecular weight excluding hydrogens is 749 g/mol. The van der Waals surface area contributed by atoms with Crippen molar-refractivity contribution in [2.24, 2.45) is 11.0 Å². The Morgan fingerprint density at radius 2 is 1.50 bits per heavy atom. The van der Waals surface area contributed by atoms with Crippen molar-refractivity contribution in [3.05, 3.63) is 118 Å². The SMILES string of the molecule is C#CC(C1CC1)N([C@@H](c1ccc(Cl)cc1)C(F)(F)/C(=N/NS(=O)(=O)c1ccc(C)cc1)[n+]1c(C)cccc1C)S(=O)(=O)c1ccc(C(F)(F)F)nc1. The molecule has 0 radical (unpaired) electrons.